The molecule has 0 amide bonds. The van der Waals surface area contributed by atoms with Gasteiger partial charge in [-0.2, -0.15) is 11.3 Å². The Kier molecular flexibility index (Phi) is 6.42. The molecule has 1 atom stereocenters. The first kappa shape index (κ1) is 14.9. The molecule has 0 fully saturated rings. The second kappa shape index (κ2) is 7.32. The van der Waals surface area contributed by atoms with Crippen molar-refractivity contribution in [2.75, 3.05) is 6.16 Å². The molecule has 0 saturated heterocycles. The molecule has 1 rings (SSSR count). The maximum atomic E-state index is 11.9. The molecule has 0 saturated carbocycles. The lowest BCUT2D eigenvalue weighted by Crippen LogP contribution is -2.25. The summed E-state index contributed by atoms with van der Waals surface area (Å²) in [5.74, 6) is 0. The summed E-state index contributed by atoms with van der Waals surface area (Å²) in [6.07, 6.45) is 3.80. The first-order valence-corrected chi connectivity index (χ1v) is 8.97. The second-order valence-corrected chi connectivity index (χ2v) is 7.19. The normalized spacial score (nSPS) is 15.1. The molecule has 0 radical (unpaired) electrons. The van der Waals surface area contributed by atoms with Gasteiger partial charge in [0.2, 0.25) is 0 Å². The molecule has 17 heavy (non-hydrogen) atoms. The summed E-state index contributed by atoms with van der Waals surface area (Å²) >= 11 is 1.67. The predicted octanol–water partition coefficient (Wildman–Crippen LogP) is 3.64. The average molecular weight is 275 g/mol. The van der Waals surface area contributed by atoms with Crippen molar-refractivity contribution >= 4 is 18.9 Å². The molecule has 0 spiro atoms. The largest absolute Gasteiger partial charge is 0.333 e. The number of aryl methyl sites for hydroxylation is 1. The summed E-state index contributed by atoms with van der Waals surface area (Å²) in [5.41, 5.74) is 1.26. The molecule has 5 heteroatoms. The fraction of sp³-hybridized carbons (Fsp3) is 0.667. The Morgan fingerprint density at radius 2 is 2.18 bits per heavy atom. The van der Waals surface area contributed by atoms with Crippen molar-refractivity contribution in [3.05, 3.63) is 22.4 Å². The van der Waals surface area contributed by atoms with Gasteiger partial charge in [-0.3, -0.25) is 4.57 Å². The van der Waals surface area contributed by atoms with Gasteiger partial charge in [0.05, 0.1) is 0 Å². The lowest BCUT2D eigenvalue weighted by molar-refractivity contribution is 0.437. The van der Waals surface area contributed by atoms with Crippen molar-refractivity contribution in [3.8, 4) is 0 Å². The van der Waals surface area contributed by atoms with Gasteiger partial charge in [-0.05, 0) is 48.1 Å². The van der Waals surface area contributed by atoms with Crippen molar-refractivity contribution < 1.29 is 9.46 Å². The van der Waals surface area contributed by atoms with Gasteiger partial charge in [-0.1, -0.05) is 13.8 Å². The highest BCUT2D eigenvalue weighted by atomic mass is 32.1. The number of rotatable bonds is 8. The molecule has 1 aromatic heterocycles. The minimum Gasteiger partial charge on any atom is -0.333 e. The van der Waals surface area contributed by atoms with Gasteiger partial charge in [0.25, 0.3) is 7.52 Å². The van der Waals surface area contributed by atoms with E-state index in [4.69, 9.17) is 0 Å². The summed E-state index contributed by atoms with van der Waals surface area (Å²) in [4.78, 5) is 9.82. The highest BCUT2D eigenvalue weighted by molar-refractivity contribution is 7.55. The van der Waals surface area contributed by atoms with Crippen molar-refractivity contribution in [2.24, 2.45) is 0 Å². The topological polar surface area (TPSA) is 49.3 Å². The molecule has 98 valence electrons. The van der Waals surface area contributed by atoms with Crippen LogP contribution in [0.1, 0.15) is 38.7 Å². The Balaban J connectivity index is 2.31. The molecule has 0 aliphatic rings. The van der Waals surface area contributed by atoms with Crippen molar-refractivity contribution in [1.29, 1.82) is 0 Å². The van der Waals surface area contributed by atoms with Gasteiger partial charge in [0.1, 0.15) is 0 Å². The van der Waals surface area contributed by atoms with Gasteiger partial charge in [-0.15, -0.1) is 0 Å². The van der Waals surface area contributed by atoms with E-state index in [0.29, 0.717) is 6.16 Å². The van der Waals surface area contributed by atoms with Crippen LogP contribution in [0.2, 0.25) is 0 Å². The van der Waals surface area contributed by atoms with Crippen molar-refractivity contribution in [1.82, 2.24) is 5.09 Å². The van der Waals surface area contributed by atoms with Crippen LogP contribution in [0.25, 0.3) is 0 Å². The monoisotopic (exact) mass is 275 g/mol. The molecule has 1 unspecified atom stereocenters. The highest BCUT2D eigenvalue weighted by Gasteiger charge is 2.20. The zero-order valence-electron chi connectivity index (χ0n) is 10.6. The zero-order valence-corrected chi connectivity index (χ0v) is 12.3. The Morgan fingerprint density at radius 3 is 2.71 bits per heavy atom. The minimum absolute atomic E-state index is 0.159. The summed E-state index contributed by atoms with van der Waals surface area (Å²) in [7, 11) is -3.15. The van der Waals surface area contributed by atoms with Crippen LogP contribution in [0, 0.1) is 0 Å². The molecular formula is C12H22NO2PS. The van der Waals surface area contributed by atoms with Crippen LogP contribution in [0.4, 0.5) is 0 Å². The molecular weight excluding hydrogens is 253 g/mol. The SMILES string of the molecule is CCC(CC)NP(=O)(O)CCCc1ccsc1. The van der Waals surface area contributed by atoms with Crippen molar-refractivity contribution in [3.63, 3.8) is 0 Å². The van der Waals surface area contributed by atoms with Gasteiger partial charge < -0.3 is 4.89 Å². The Labute approximate surface area is 108 Å². The third kappa shape index (κ3) is 5.82. The second-order valence-electron chi connectivity index (χ2n) is 4.30. The summed E-state index contributed by atoms with van der Waals surface area (Å²) in [5, 5.41) is 7.02. The third-order valence-corrected chi connectivity index (χ3v) is 5.30. The summed E-state index contributed by atoms with van der Waals surface area (Å²) in [6, 6.07) is 2.23. The van der Waals surface area contributed by atoms with E-state index in [0.717, 1.165) is 25.7 Å². The number of hydrogen-bond donors (Lipinski definition) is 2. The molecule has 3 nitrogen and oxygen atoms in total. The quantitative estimate of drug-likeness (QED) is 0.712. The first-order chi connectivity index (χ1) is 8.07. The molecule has 0 aliphatic heterocycles. The van der Waals surface area contributed by atoms with Crippen LogP contribution in [0.5, 0.6) is 0 Å². The van der Waals surface area contributed by atoms with Crippen LogP contribution in [0.3, 0.4) is 0 Å². The maximum absolute atomic E-state index is 11.9. The van der Waals surface area contributed by atoms with E-state index in [1.807, 2.05) is 19.2 Å². The van der Waals surface area contributed by atoms with E-state index in [1.165, 1.54) is 5.56 Å². The summed E-state index contributed by atoms with van der Waals surface area (Å²) < 4.78 is 11.9. The Hall–Kier alpha value is -0.150. The number of nitrogens with one attached hydrogen (secondary N) is 1. The fourth-order valence-corrected chi connectivity index (χ4v) is 4.11. The van der Waals surface area contributed by atoms with Crippen LogP contribution < -0.4 is 5.09 Å². The lowest BCUT2D eigenvalue weighted by Gasteiger charge is -2.19. The fourth-order valence-electron chi connectivity index (χ4n) is 1.75. The van der Waals surface area contributed by atoms with Crippen LogP contribution >= 0.6 is 18.9 Å². The standard InChI is InChI=1S/C12H22NO2PS/c1-3-12(4-2)13-16(14,15)8-5-6-11-7-9-17-10-11/h7,9-10,12H,3-6,8H2,1-2H3,(H2,13,14,15). The smallest absolute Gasteiger partial charge is 0.267 e. The number of thiophene rings is 1. The maximum Gasteiger partial charge on any atom is 0.267 e. The zero-order chi connectivity index (χ0) is 12.7. The number of hydrogen-bond acceptors (Lipinski definition) is 2. The summed E-state index contributed by atoms with van der Waals surface area (Å²) in [6.45, 7) is 4.07. The third-order valence-electron chi connectivity index (χ3n) is 2.88. The van der Waals surface area contributed by atoms with Gasteiger partial charge >= 0.3 is 0 Å². The predicted molar refractivity (Wildman–Crippen MR) is 74.8 cm³/mol. The highest BCUT2D eigenvalue weighted by Crippen LogP contribution is 2.37. The average Bonchev–Trinajstić information content (AvgIpc) is 2.78. The van der Waals surface area contributed by atoms with E-state index < -0.39 is 7.52 Å². The molecule has 1 heterocycles. The molecule has 0 aliphatic carbocycles. The molecule has 2 N–H and O–H groups in total. The van der Waals surface area contributed by atoms with E-state index in [2.05, 4.69) is 16.5 Å². The lowest BCUT2D eigenvalue weighted by atomic mass is 10.2. The van der Waals surface area contributed by atoms with Gasteiger partial charge in [-0.25, -0.2) is 5.09 Å². The molecule has 0 aromatic carbocycles. The van der Waals surface area contributed by atoms with Crippen LogP contribution in [-0.4, -0.2) is 17.1 Å². The van der Waals surface area contributed by atoms with E-state index in [9.17, 15) is 9.46 Å². The minimum atomic E-state index is -3.15. The first-order valence-electron chi connectivity index (χ1n) is 6.18. The van der Waals surface area contributed by atoms with Crippen LogP contribution in [0.15, 0.2) is 16.8 Å². The van der Waals surface area contributed by atoms with E-state index in [-0.39, 0.29) is 6.04 Å². The molecule has 1 aromatic rings. The van der Waals surface area contributed by atoms with Crippen molar-refractivity contribution in [2.45, 2.75) is 45.6 Å². The Bertz CT molecular complexity index is 349. The van der Waals surface area contributed by atoms with Crippen LogP contribution in [-0.2, 0) is 11.0 Å². The van der Waals surface area contributed by atoms with E-state index >= 15 is 0 Å². The molecule has 0 bridgehead atoms. The Morgan fingerprint density at radius 1 is 1.47 bits per heavy atom. The van der Waals surface area contributed by atoms with Gasteiger partial charge in [0.15, 0.2) is 0 Å². The van der Waals surface area contributed by atoms with E-state index in [1.54, 1.807) is 11.3 Å². The van der Waals surface area contributed by atoms with Gasteiger partial charge in [0, 0.05) is 12.2 Å².